The second-order valence-corrected chi connectivity index (χ2v) is 6.40. The summed E-state index contributed by atoms with van der Waals surface area (Å²) < 4.78 is 2.36. The first-order valence-corrected chi connectivity index (χ1v) is 7.90. The van der Waals surface area contributed by atoms with Gasteiger partial charge in [0.15, 0.2) is 0 Å². The van der Waals surface area contributed by atoms with E-state index in [4.69, 9.17) is 0 Å². The molecule has 0 aromatic carbocycles. The van der Waals surface area contributed by atoms with Crippen molar-refractivity contribution in [1.29, 1.82) is 0 Å². The fourth-order valence-electron chi connectivity index (χ4n) is 2.10. The Morgan fingerprint density at radius 2 is 2.32 bits per heavy atom. The summed E-state index contributed by atoms with van der Waals surface area (Å²) in [6.45, 7) is 5.90. The Hall–Kier alpha value is -0.840. The number of nitrogens with one attached hydrogen (secondary N) is 1. The summed E-state index contributed by atoms with van der Waals surface area (Å²) in [7, 11) is 0. The van der Waals surface area contributed by atoms with Gasteiger partial charge in [-0.3, -0.25) is 4.79 Å². The molecule has 1 atom stereocenters. The lowest BCUT2D eigenvalue weighted by Gasteiger charge is -2.25. The quantitative estimate of drug-likeness (QED) is 0.872. The number of anilines is 1. The van der Waals surface area contributed by atoms with Crippen LogP contribution < -0.4 is 10.9 Å². The molecule has 5 heteroatoms. The maximum Gasteiger partial charge on any atom is 0.291 e. The van der Waals surface area contributed by atoms with Crippen molar-refractivity contribution in [2.24, 2.45) is 11.8 Å². The molecule has 0 spiro atoms. The van der Waals surface area contributed by atoms with Crippen LogP contribution in [-0.4, -0.2) is 16.3 Å². The molecule has 0 aliphatic heterocycles. The maximum absolute atomic E-state index is 12.4. The smallest absolute Gasteiger partial charge is 0.291 e. The van der Waals surface area contributed by atoms with E-state index < -0.39 is 0 Å². The zero-order chi connectivity index (χ0) is 13.8. The molecule has 0 saturated heterocycles. The zero-order valence-electron chi connectivity index (χ0n) is 11.7. The van der Waals surface area contributed by atoms with E-state index in [9.17, 15) is 4.79 Å². The van der Waals surface area contributed by atoms with Gasteiger partial charge >= 0.3 is 0 Å². The lowest BCUT2D eigenvalue weighted by Crippen LogP contribution is -2.31. The van der Waals surface area contributed by atoms with Crippen molar-refractivity contribution in [3.05, 3.63) is 21.0 Å². The number of aromatic nitrogens is 2. The molecule has 19 heavy (non-hydrogen) atoms. The molecule has 2 rings (SSSR count). The van der Waals surface area contributed by atoms with Crippen LogP contribution in [-0.2, 0) is 6.54 Å². The minimum Gasteiger partial charge on any atom is -0.379 e. The maximum atomic E-state index is 12.4. The standard InChI is InChI=1S/C14H22BrN3O/c1-3-10(2)7-16-13-12(15)8-17-18(14(13)19)9-11-5-4-6-11/h8,10-11,16H,3-7,9H2,1-2H3. The van der Waals surface area contributed by atoms with Gasteiger partial charge in [0.2, 0.25) is 0 Å². The molecule has 4 nitrogen and oxygen atoms in total. The molecule has 1 fully saturated rings. The summed E-state index contributed by atoms with van der Waals surface area (Å²) >= 11 is 3.41. The van der Waals surface area contributed by atoms with Crippen molar-refractivity contribution in [1.82, 2.24) is 9.78 Å². The monoisotopic (exact) mass is 327 g/mol. The van der Waals surface area contributed by atoms with Crippen LogP contribution in [0.25, 0.3) is 0 Å². The van der Waals surface area contributed by atoms with Crippen LogP contribution in [0, 0.1) is 11.8 Å². The number of hydrogen-bond donors (Lipinski definition) is 1. The average Bonchev–Trinajstić information content (AvgIpc) is 2.35. The van der Waals surface area contributed by atoms with Gasteiger partial charge in [-0.1, -0.05) is 26.7 Å². The van der Waals surface area contributed by atoms with Crippen molar-refractivity contribution >= 4 is 21.6 Å². The number of hydrogen-bond acceptors (Lipinski definition) is 3. The van der Waals surface area contributed by atoms with Gasteiger partial charge in [0.05, 0.1) is 10.7 Å². The van der Waals surface area contributed by atoms with E-state index in [1.807, 2.05) is 0 Å². The first-order chi connectivity index (χ1) is 9.11. The van der Waals surface area contributed by atoms with E-state index in [1.165, 1.54) is 19.3 Å². The van der Waals surface area contributed by atoms with Crippen molar-refractivity contribution in [3.63, 3.8) is 0 Å². The van der Waals surface area contributed by atoms with E-state index >= 15 is 0 Å². The largest absolute Gasteiger partial charge is 0.379 e. The van der Waals surface area contributed by atoms with E-state index in [0.717, 1.165) is 24.0 Å². The van der Waals surface area contributed by atoms with Crippen molar-refractivity contribution in [2.45, 2.75) is 46.1 Å². The molecule has 1 aliphatic carbocycles. The fraction of sp³-hybridized carbons (Fsp3) is 0.714. The van der Waals surface area contributed by atoms with Crippen LogP contribution in [0.5, 0.6) is 0 Å². The van der Waals surface area contributed by atoms with E-state index in [-0.39, 0.29) is 5.56 Å². The minimum absolute atomic E-state index is 0.00965. The summed E-state index contributed by atoms with van der Waals surface area (Å²) in [4.78, 5) is 12.4. The minimum atomic E-state index is -0.00965. The highest BCUT2D eigenvalue weighted by atomic mass is 79.9. The molecule has 1 saturated carbocycles. The van der Waals surface area contributed by atoms with Gasteiger partial charge in [0.25, 0.3) is 5.56 Å². The van der Waals surface area contributed by atoms with E-state index in [2.05, 4.69) is 40.2 Å². The third-order valence-electron chi connectivity index (χ3n) is 3.98. The third kappa shape index (κ3) is 3.59. The van der Waals surface area contributed by atoms with E-state index in [1.54, 1.807) is 10.9 Å². The van der Waals surface area contributed by atoms with Gasteiger partial charge < -0.3 is 5.32 Å². The summed E-state index contributed by atoms with van der Waals surface area (Å²) in [5, 5.41) is 7.49. The first kappa shape index (κ1) is 14.6. The van der Waals surface area contributed by atoms with Crippen LogP contribution in [0.15, 0.2) is 15.5 Å². The van der Waals surface area contributed by atoms with Gasteiger partial charge in [-0.2, -0.15) is 5.10 Å². The second-order valence-electron chi connectivity index (χ2n) is 5.55. The summed E-state index contributed by atoms with van der Waals surface area (Å²) in [6.07, 6.45) is 6.56. The Morgan fingerprint density at radius 3 is 2.89 bits per heavy atom. The van der Waals surface area contributed by atoms with Gasteiger partial charge in [0.1, 0.15) is 5.69 Å². The molecule has 1 aromatic rings. The lowest BCUT2D eigenvalue weighted by molar-refractivity contribution is 0.262. The second kappa shape index (κ2) is 6.55. The van der Waals surface area contributed by atoms with Crippen LogP contribution in [0.3, 0.4) is 0 Å². The normalized spacial score (nSPS) is 17.0. The molecular weight excluding hydrogens is 306 g/mol. The number of nitrogens with zero attached hydrogens (tertiary/aromatic N) is 2. The highest BCUT2D eigenvalue weighted by Gasteiger charge is 2.20. The topological polar surface area (TPSA) is 46.9 Å². The van der Waals surface area contributed by atoms with Crippen molar-refractivity contribution in [3.8, 4) is 0 Å². The predicted molar refractivity (Wildman–Crippen MR) is 81.5 cm³/mol. The lowest BCUT2D eigenvalue weighted by atomic mass is 9.85. The summed E-state index contributed by atoms with van der Waals surface area (Å²) in [5.41, 5.74) is 0.638. The van der Waals surface area contributed by atoms with Gasteiger partial charge in [-0.25, -0.2) is 4.68 Å². The molecule has 1 aromatic heterocycles. The highest BCUT2D eigenvalue weighted by Crippen LogP contribution is 2.27. The first-order valence-electron chi connectivity index (χ1n) is 7.11. The third-order valence-corrected chi connectivity index (χ3v) is 4.58. The van der Waals surface area contributed by atoms with Gasteiger partial charge in [-0.05, 0) is 40.6 Å². The van der Waals surface area contributed by atoms with Crippen molar-refractivity contribution in [2.75, 3.05) is 11.9 Å². The average molecular weight is 328 g/mol. The highest BCUT2D eigenvalue weighted by molar-refractivity contribution is 9.10. The Balaban J connectivity index is 2.11. The molecule has 1 N–H and O–H groups in total. The van der Waals surface area contributed by atoms with E-state index in [0.29, 0.717) is 17.5 Å². The molecule has 1 aliphatic rings. The van der Waals surface area contributed by atoms with Crippen LogP contribution in [0.1, 0.15) is 39.5 Å². The Kier molecular flexibility index (Phi) is 5.02. The fourth-order valence-corrected chi connectivity index (χ4v) is 2.50. The van der Waals surface area contributed by atoms with Gasteiger partial charge in [0, 0.05) is 13.1 Å². The Morgan fingerprint density at radius 1 is 1.58 bits per heavy atom. The molecule has 0 amide bonds. The van der Waals surface area contributed by atoms with Crippen LogP contribution >= 0.6 is 15.9 Å². The SMILES string of the molecule is CCC(C)CNc1c(Br)cnn(CC2CCC2)c1=O. The van der Waals surface area contributed by atoms with Gasteiger partial charge in [-0.15, -0.1) is 0 Å². The van der Waals surface area contributed by atoms with Crippen LogP contribution in [0.2, 0.25) is 0 Å². The Bertz CT molecular complexity index is 482. The predicted octanol–water partition coefficient (Wildman–Crippen LogP) is 3.26. The zero-order valence-corrected chi connectivity index (χ0v) is 13.2. The molecular formula is C14H22BrN3O. The molecule has 0 radical (unpaired) electrons. The van der Waals surface area contributed by atoms with Crippen LogP contribution in [0.4, 0.5) is 5.69 Å². The molecule has 106 valence electrons. The molecule has 1 unspecified atom stereocenters. The van der Waals surface area contributed by atoms with Crippen molar-refractivity contribution < 1.29 is 0 Å². The summed E-state index contributed by atoms with van der Waals surface area (Å²) in [5.74, 6) is 1.19. The Labute approximate surface area is 122 Å². The molecule has 0 bridgehead atoms. The number of rotatable bonds is 6. The summed E-state index contributed by atoms with van der Waals surface area (Å²) in [6, 6.07) is 0. The molecule has 1 heterocycles. The number of halogens is 1.